The summed E-state index contributed by atoms with van der Waals surface area (Å²) in [5, 5.41) is 175. The van der Waals surface area contributed by atoms with Crippen molar-refractivity contribution in [1.29, 1.82) is 0 Å². The molecule has 29 heteroatoms. The lowest BCUT2D eigenvalue weighted by Gasteiger charge is -2.61. The first kappa shape index (κ1) is 67.8. The first-order chi connectivity index (χ1) is 41.8. The average Bonchev–Trinajstić information content (AvgIpc) is 1.56. The fraction of sp³-hybridized carbons (Fsp3) is 0.983. The summed E-state index contributed by atoms with van der Waals surface area (Å²) in [5.41, 5.74) is -1.05. The number of esters is 1. The number of fused-ring (bicyclic) bond motifs is 7. The summed E-state index contributed by atoms with van der Waals surface area (Å²) in [6.45, 7) is 5.60. The molecule has 11 aliphatic rings. The second-order valence-electron chi connectivity index (χ2n) is 28.0. The summed E-state index contributed by atoms with van der Waals surface area (Å²) in [4.78, 5) is 12.7. The molecule has 37 unspecified atom stereocenters. The van der Waals surface area contributed by atoms with E-state index in [2.05, 4.69) is 26.1 Å². The van der Waals surface area contributed by atoms with Gasteiger partial charge < -0.3 is 134 Å². The van der Waals surface area contributed by atoms with E-state index in [1.54, 1.807) is 0 Å². The lowest BCUT2D eigenvalue weighted by molar-refractivity contribution is -0.374. The molecule has 11 fully saturated rings. The fourth-order valence-electron chi connectivity index (χ4n) is 18.4. The molecule has 0 aromatic carbocycles. The van der Waals surface area contributed by atoms with Gasteiger partial charge in [-0.3, -0.25) is 10.1 Å². The minimum absolute atomic E-state index is 0.0321. The highest BCUT2D eigenvalue weighted by Crippen LogP contribution is 2.71. The molecule has 1 spiro atoms. The summed E-state index contributed by atoms with van der Waals surface area (Å²) in [6.07, 6.45) is -31.1. The van der Waals surface area contributed by atoms with Gasteiger partial charge >= 0.3 is 5.97 Å². The van der Waals surface area contributed by atoms with Crippen LogP contribution in [0.3, 0.4) is 0 Å². The monoisotopic (exact) mass is 1270 g/mol. The number of rotatable bonds is 16. The minimum Gasteiger partial charge on any atom is -0.458 e. The van der Waals surface area contributed by atoms with Crippen molar-refractivity contribution in [2.45, 2.75) is 257 Å². The van der Waals surface area contributed by atoms with Gasteiger partial charge in [0, 0.05) is 31.9 Å². The molecular formula is C59H97NO28. The smallest absolute Gasteiger partial charge is 0.303 e. The number of carbonyl (C=O) groups is 1. The maximum absolute atomic E-state index is 12.7. The Hall–Kier alpha value is -1.61. The first-order valence-corrected chi connectivity index (χ1v) is 31.8. The van der Waals surface area contributed by atoms with Crippen molar-refractivity contribution in [2.75, 3.05) is 46.2 Å². The molecule has 0 aromatic heterocycles. The molecule has 11 rings (SSSR count). The molecule has 0 radical (unpaired) electrons. The van der Waals surface area contributed by atoms with Gasteiger partial charge in [0.05, 0.1) is 57.5 Å². The second kappa shape index (κ2) is 26.9. The zero-order valence-corrected chi connectivity index (χ0v) is 50.2. The third-order valence-corrected chi connectivity index (χ3v) is 23.3. The molecule has 37 atom stereocenters. The van der Waals surface area contributed by atoms with Gasteiger partial charge in [-0.15, -0.1) is 0 Å². The molecule has 0 aromatic rings. The molecule has 506 valence electrons. The third-order valence-electron chi connectivity index (χ3n) is 23.3. The number of ether oxygens (including phenoxy) is 11. The molecule has 0 amide bonds. The predicted octanol–water partition coefficient (Wildman–Crippen LogP) is -5.70. The van der Waals surface area contributed by atoms with Gasteiger partial charge in [-0.1, -0.05) is 20.8 Å². The normalized spacial score (nSPS) is 55.5. The summed E-state index contributed by atoms with van der Waals surface area (Å²) in [7, 11) is 0. The molecule has 6 saturated heterocycles. The Morgan fingerprint density at radius 2 is 1.20 bits per heavy atom. The van der Waals surface area contributed by atoms with Gasteiger partial charge in [0.2, 0.25) is 0 Å². The van der Waals surface area contributed by atoms with E-state index in [4.69, 9.17) is 52.1 Å². The van der Waals surface area contributed by atoms with E-state index in [1.807, 2.05) is 0 Å². The highest BCUT2D eigenvalue weighted by Gasteiger charge is 2.71. The van der Waals surface area contributed by atoms with Crippen molar-refractivity contribution >= 4 is 5.97 Å². The van der Waals surface area contributed by atoms with E-state index in [0.717, 1.165) is 38.5 Å². The number of hydrogen-bond acceptors (Lipinski definition) is 29. The van der Waals surface area contributed by atoms with Crippen molar-refractivity contribution in [3.05, 3.63) is 0 Å². The Balaban J connectivity index is 0.707. The standard InChI is InChI=1S/C59H97NO28/c1-22-38-32(88-59(22)37(80-23(2)65)11-24(15-60-59)20-78-53-48(76)44(72)41(69)34(17-62)83-53)14-30-28-6-5-26-13-27(7-9-57(26,3)29(28)8-10-58(30,38)4)81-55-49(77)46(74)50(36(19-64)85-55)86-56-52(45(73)42(70)35(18-63)84-56)82-33-12-25(16-61)39(67)51(43(33)71)87-54-47(75)40(68)31(66)21-79-54/h22,24-56,60-64,66-77H,5-21H2,1-4H3. The van der Waals surface area contributed by atoms with Gasteiger partial charge in [0.15, 0.2) is 30.9 Å². The van der Waals surface area contributed by atoms with E-state index < -0.39 is 204 Å². The van der Waals surface area contributed by atoms with Crippen molar-refractivity contribution in [3.8, 4) is 0 Å². The highest BCUT2D eigenvalue weighted by atomic mass is 16.8. The fourth-order valence-corrected chi connectivity index (χ4v) is 18.4. The van der Waals surface area contributed by atoms with E-state index in [0.29, 0.717) is 43.6 Å². The van der Waals surface area contributed by atoms with Crippen molar-refractivity contribution in [3.63, 3.8) is 0 Å². The topological polar surface area (TPSA) is 454 Å². The van der Waals surface area contributed by atoms with Gasteiger partial charge in [-0.25, -0.2) is 0 Å². The van der Waals surface area contributed by atoms with Crippen LogP contribution < -0.4 is 5.32 Å². The number of carbonyl (C=O) groups excluding carboxylic acids is 1. The minimum atomic E-state index is -1.92. The molecule has 5 saturated carbocycles. The number of nitrogens with one attached hydrogen (secondary N) is 1. The van der Waals surface area contributed by atoms with Gasteiger partial charge in [-0.2, -0.15) is 0 Å². The number of aliphatic hydroxyl groups is 16. The summed E-state index contributed by atoms with van der Waals surface area (Å²) < 4.78 is 66.9. The molecule has 6 aliphatic heterocycles. The molecule has 88 heavy (non-hydrogen) atoms. The molecule has 0 bridgehead atoms. The molecule has 6 heterocycles. The highest BCUT2D eigenvalue weighted by molar-refractivity contribution is 5.66. The van der Waals surface area contributed by atoms with E-state index in [9.17, 15) is 86.5 Å². The van der Waals surface area contributed by atoms with E-state index in [-0.39, 0.29) is 53.6 Å². The first-order valence-electron chi connectivity index (χ1n) is 31.8. The van der Waals surface area contributed by atoms with Crippen LogP contribution in [-0.2, 0) is 56.9 Å². The maximum Gasteiger partial charge on any atom is 0.303 e. The molecule has 5 aliphatic carbocycles. The third kappa shape index (κ3) is 12.1. The van der Waals surface area contributed by atoms with Gasteiger partial charge in [0.1, 0.15) is 110 Å². The molecule has 17 N–H and O–H groups in total. The Morgan fingerprint density at radius 3 is 1.90 bits per heavy atom. The zero-order chi connectivity index (χ0) is 63.2. The van der Waals surface area contributed by atoms with Crippen molar-refractivity contribution in [1.82, 2.24) is 5.32 Å². The van der Waals surface area contributed by atoms with Crippen LogP contribution in [0.5, 0.6) is 0 Å². The number of piperidine rings is 1. The van der Waals surface area contributed by atoms with Crippen LogP contribution in [-0.4, -0.2) is 299 Å². The summed E-state index contributed by atoms with van der Waals surface area (Å²) in [5.74, 6) is -0.0779. The van der Waals surface area contributed by atoms with Crippen molar-refractivity contribution in [2.24, 2.45) is 58.2 Å². The Bertz CT molecular complexity index is 2330. The number of aliphatic hydroxyl groups excluding tert-OH is 16. The quantitative estimate of drug-likeness (QED) is 0.0506. The van der Waals surface area contributed by atoms with Crippen LogP contribution >= 0.6 is 0 Å². The van der Waals surface area contributed by atoms with Gasteiger partial charge in [-0.05, 0) is 111 Å². The summed E-state index contributed by atoms with van der Waals surface area (Å²) >= 11 is 0. The van der Waals surface area contributed by atoms with Gasteiger partial charge in [0.25, 0.3) is 0 Å². The Labute approximate surface area is 510 Å². The van der Waals surface area contributed by atoms with Crippen LogP contribution in [0.4, 0.5) is 0 Å². The second-order valence-corrected chi connectivity index (χ2v) is 28.0. The van der Waals surface area contributed by atoms with Crippen LogP contribution in [0.25, 0.3) is 0 Å². The predicted molar refractivity (Wildman–Crippen MR) is 293 cm³/mol. The van der Waals surface area contributed by atoms with Crippen LogP contribution in [0, 0.1) is 58.2 Å². The SMILES string of the molecule is CC(=O)OC1CC(COC2OC(CO)C(O)C(O)C2O)CNC12OC1CC3C4CCC5CC(OC6OC(CO)C(OC7OC(CO)C(O)C(O)C7OC7CC(CO)C(O)C(OC8OCC(O)C(O)C8O)C7O)C(O)C6O)CCC5(C)C4CCC3(C)C1C2C. The van der Waals surface area contributed by atoms with Crippen LogP contribution in [0.2, 0.25) is 0 Å². The number of hydrogen-bond donors (Lipinski definition) is 17. The average molecular weight is 1270 g/mol. The van der Waals surface area contributed by atoms with Crippen molar-refractivity contribution < 1.29 is 139 Å². The van der Waals surface area contributed by atoms with E-state index in [1.165, 1.54) is 6.92 Å². The summed E-state index contributed by atoms with van der Waals surface area (Å²) in [6, 6.07) is 0. The molecular weight excluding hydrogens is 1170 g/mol. The van der Waals surface area contributed by atoms with E-state index >= 15 is 0 Å². The Kier molecular flexibility index (Phi) is 20.7. The lowest BCUT2D eigenvalue weighted by Crippen LogP contribution is -2.67. The zero-order valence-electron chi connectivity index (χ0n) is 50.2. The van der Waals surface area contributed by atoms with Crippen LogP contribution in [0.15, 0.2) is 0 Å². The largest absolute Gasteiger partial charge is 0.458 e. The molecule has 29 nitrogen and oxygen atoms in total. The lowest BCUT2D eigenvalue weighted by atomic mass is 9.44. The maximum atomic E-state index is 12.7. The Morgan fingerprint density at radius 1 is 0.568 bits per heavy atom. The van der Waals surface area contributed by atoms with Crippen LogP contribution in [0.1, 0.15) is 91.9 Å².